The van der Waals surface area contributed by atoms with Crippen LogP contribution in [0.15, 0.2) is 24.3 Å². The number of carbonyl (C=O) groups excluding carboxylic acids is 2. The number of amides is 2. The van der Waals surface area contributed by atoms with Crippen molar-refractivity contribution in [3.63, 3.8) is 0 Å². The summed E-state index contributed by atoms with van der Waals surface area (Å²) >= 11 is 5.83. The molecule has 0 unspecified atom stereocenters. The third-order valence-electron chi connectivity index (χ3n) is 4.10. The quantitative estimate of drug-likeness (QED) is 0.879. The fourth-order valence-electron chi connectivity index (χ4n) is 2.63. The number of halogens is 2. The van der Waals surface area contributed by atoms with Gasteiger partial charge in [-0.3, -0.25) is 9.59 Å². The van der Waals surface area contributed by atoms with E-state index in [4.69, 9.17) is 11.6 Å². The second kappa shape index (κ2) is 7.31. The van der Waals surface area contributed by atoms with Gasteiger partial charge in [-0.25, -0.2) is 0 Å². The summed E-state index contributed by atoms with van der Waals surface area (Å²) < 4.78 is 0. The van der Waals surface area contributed by atoms with Crippen LogP contribution in [0, 0.1) is 5.92 Å². The van der Waals surface area contributed by atoms with Gasteiger partial charge < -0.3 is 15.1 Å². The van der Waals surface area contributed by atoms with Crippen LogP contribution >= 0.6 is 24.0 Å². The molecule has 1 N–H and O–H groups in total. The highest BCUT2D eigenvalue weighted by molar-refractivity contribution is 6.30. The fourth-order valence-corrected chi connectivity index (χ4v) is 2.75. The zero-order valence-electron chi connectivity index (χ0n) is 12.1. The molecule has 7 heteroatoms. The van der Waals surface area contributed by atoms with Crippen LogP contribution in [0.5, 0.6) is 0 Å². The Bertz CT molecular complexity index is 538. The Morgan fingerprint density at radius 2 is 1.55 bits per heavy atom. The molecule has 2 saturated heterocycles. The van der Waals surface area contributed by atoms with Gasteiger partial charge in [0, 0.05) is 49.9 Å². The van der Waals surface area contributed by atoms with E-state index in [0.29, 0.717) is 36.8 Å². The summed E-state index contributed by atoms with van der Waals surface area (Å²) in [6.45, 7) is 3.98. The molecular weight excluding hydrogens is 325 g/mol. The third-order valence-corrected chi connectivity index (χ3v) is 4.35. The molecule has 0 aromatic heterocycles. The molecule has 2 aliphatic rings. The molecule has 0 bridgehead atoms. The minimum atomic E-state index is 0. The molecule has 3 rings (SSSR count). The van der Waals surface area contributed by atoms with E-state index in [2.05, 4.69) is 5.32 Å². The fraction of sp³-hybridized carbons (Fsp3) is 0.467. The molecule has 0 radical (unpaired) electrons. The zero-order chi connectivity index (χ0) is 14.8. The first-order valence-corrected chi connectivity index (χ1v) is 7.57. The number of piperazine rings is 1. The van der Waals surface area contributed by atoms with Gasteiger partial charge in [0.25, 0.3) is 5.91 Å². The summed E-state index contributed by atoms with van der Waals surface area (Å²) in [7, 11) is 0. The predicted octanol–water partition coefficient (Wildman–Crippen LogP) is 1.27. The molecule has 0 spiro atoms. The van der Waals surface area contributed by atoms with Gasteiger partial charge in [-0.15, -0.1) is 12.4 Å². The van der Waals surface area contributed by atoms with Crippen molar-refractivity contribution in [2.75, 3.05) is 39.3 Å². The highest BCUT2D eigenvalue weighted by atomic mass is 35.5. The minimum Gasteiger partial charge on any atom is -0.339 e. The smallest absolute Gasteiger partial charge is 0.253 e. The average molecular weight is 344 g/mol. The van der Waals surface area contributed by atoms with Gasteiger partial charge in [-0.1, -0.05) is 11.6 Å². The van der Waals surface area contributed by atoms with Crippen LogP contribution in [0.3, 0.4) is 0 Å². The van der Waals surface area contributed by atoms with E-state index >= 15 is 0 Å². The van der Waals surface area contributed by atoms with E-state index in [1.54, 1.807) is 29.2 Å². The van der Waals surface area contributed by atoms with Gasteiger partial charge in [0.2, 0.25) is 5.91 Å². The van der Waals surface area contributed by atoms with Crippen molar-refractivity contribution in [1.29, 1.82) is 0 Å². The summed E-state index contributed by atoms with van der Waals surface area (Å²) in [6, 6.07) is 6.92. The first-order chi connectivity index (χ1) is 10.1. The standard InChI is InChI=1S/C15H18ClN3O2.ClH/c16-13-3-1-11(2-4-13)14(20)18-5-7-19(8-6-18)15(21)12-9-17-10-12;/h1-4,12,17H,5-10H2;1H. The van der Waals surface area contributed by atoms with E-state index in [1.165, 1.54) is 0 Å². The Balaban J connectivity index is 0.00000176. The Labute approximate surface area is 141 Å². The summed E-state index contributed by atoms with van der Waals surface area (Å²) in [5, 5.41) is 3.73. The molecule has 0 saturated carbocycles. The molecule has 2 fully saturated rings. The highest BCUT2D eigenvalue weighted by Gasteiger charge is 2.32. The van der Waals surface area contributed by atoms with Gasteiger partial charge in [0.1, 0.15) is 0 Å². The van der Waals surface area contributed by atoms with Crippen molar-refractivity contribution in [3.05, 3.63) is 34.9 Å². The molecule has 0 atom stereocenters. The normalized spacial score (nSPS) is 18.4. The van der Waals surface area contributed by atoms with Gasteiger partial charge in [-0.05, 0) is 24.3 Å². The monoisotopic (exact) mass is 343 g/mol. The first kappa shape index (κ1) is 17.1. The molecule has 5 nitrogen and oxygen atoms in total. The van der Waals surface area contributed by atoms with Crippen molar-refractivity contribution >= 4 is 35.8 Å². The lowest BCUT2D eigenvalue weighted by Crippen LogP contribution is -2.57. The molecule has 22 heavy (non-hydrogen) atoms. The van der Waals surface area contributed by atoms with Crippen LogP contribution in [-0.2, 0) is 4.79 Å². The van der Waals surface area contributed by atoms with Gasteiger partial charge in [0.05, 0.1) is 5.92 Å². The van der Waals surface area contributed by atoms with E-state index < -0.39 is 0 Å². The summed E-state index contributed by atoms with van der Waals surface area (Å²) in [5.41, 5.74) is 0.641. The largest absolute Gasteiger partial charge is 0.339 e. The van der Waals surface area contributed by atoms with E-state index in [9.17, 15) is 9.59 Å². The molecule has 0 aliphatic carbocycles. The zero-order valence-corrected chi connectivity index (χ0v) is 13.7. The second-order valence-electron chi connectivity index (χ2n) is 5.48. The van der Waals surface area contributed by atoms with Crippen molar-refractivity contribution in [2.24, 2.45) is 5.92 Å². The summed E-state index contributed by atoms with van der Waals surface area (Å²) in [6.07, 6.45) is 0. The second-order valence-corrected chi connectivity index (χ2v) is 5.92. The molecule has 2 aliphatic heterocycles. The Morgan fingerprint density at radius 1 is 1.00 bits per heavy atom. The molecule has 2 amide bonds. The van der Waals surface area contributed by atoms with Crippen LogP contribution < -0.4 is 5.32 Å². The number of nitrogens with one attached hydrogen (secondary N) is 1. The lowest BCUT2D eigenvalue weighted by Gasteiger charge is -2.38. The van der Waals surface area contributed by atoms with Crippen molar-refractivity contribution in [1.82, 2.24) is 15.1 Å². The number of nitrogens with zero attached hydrogens (tertiary/aromatic N) is 2. The van der Waals surface area contributed by atoms with E-state index in [1.807, 2.05) is 4.90 Å². The van der Waals surface area contributed by atoms with E-state index in [0.717, 1.165) is 13.1 Å². The average Bonchev–Trinajstić information content (AvgIpc) is 2.46. The van der Waals surface area contributed by atoms with Crippen molar-refractivity contribution < 1.29 is 9.59 Å². The predicted molar refractivity (Wildman–Crippen MR) is 87.5 cm³/mol. The van der Waals surface area contributed by atoms with Gasteiger partial charge in [0.15, 0.2) is 0 Å². The molecular formula is C15H19Cl2N3O2. The number of hydrogen-bond donors (Lipinski definition) is 1. The van der Waals surface area contributed by atoms with Crippen LogP contribution in [0.4, 0.5) is 0 Å². The number of rotatable bonds is 2. The first-order valence-electron chi connectivity index (χ1n) is 7.19. The Hall–Kier alpha value is -1.30. The lowest BCUT2D eigenvalue weighted by atomic mass is 10.0. The minimum absolute atomic E-state index is 0. The number of carbonyl (C=O) groups is 2. The van der Waals surface area contributed by atoms with Crippen LogP contribution in [0.25, 0.3) is 0 Å². The van der Waals surface area contributed by atoms with Crippen molar-refractivity contribution in [2.45, 2.75) is 0 Å². The summed E-state index contributed by atoms with van der Waals surface area (Å²) in [4.78, 5) is 28.2. The third kappa shape index (κ3) is 3.54. The molecule has 120 valence electrons. The maximum atomic E-state index is 12.4. The Kier molecular flexibility index (Phi) is 5.67. The van der Waals surface area contributed by atoms with Crippen LogP contribution in [0.2, 0.25) is 5.02 Å². The van der Waals surface area contributed by atoms with E-state index in [-0.39, 0.29) is 30.1 Å². The van der Waals surface area contributed by atoms with Gasteiger partial charge in [-0.2, -0.15) is 0 Å². The van der Waals surface area contributed by atoms with Crippen LogP contribution in [0.1, 0.15) is 10.4 Å². The maximum absolute atomic E-state index is 12.4. The number of hydrogen-bond acceptors (Lipinski definition) is 3. The lowest BCUT2D eigenvalue weighted by molar-refractivity contribution is -0.138. The maximum Gasteiger partial charge on any atom is 0.253 e. The molecule has 2 heterocycles. The SMILES string of the molecule is Cl.O=C(c1ccc(Cl)cc1)N1CCN(C(=O)C2CNC2)CC1. The summed E-state index contributed by atoms with van der Waals surface area (Å²) in [5.74, 6) is 0.347. The van der Waals surface area contributed by atoms with Crippen LogP contribution in [-0.4, -0.2) is 60.9 Å². The molecule has 1 aromatic carbocycles. The topological polar surface area (TPSA) is 52.7 Å². The molecule has 1 aromatic rings. The Morgan fingerprint density at radius 3 is 2.05 bits per heavy atom. The van der Waals surface area contributed by atoms with Gasteiger partial charge >= 0.3 is 0 Å². The highest BCUT2D eigenvalue weighted by Crippen LogP contribution is 2.15. The number of benzene rings is 1. The van der Waals surface area contributed by atoms with Crippen molar-refractivity contribution in [3.8, 4) is 0 Å².